The highest BCUT2D eigenvalue weighted by Gasteiger charge is 2.16. The molecular formula is C20H18BrNO. The standard InChI is InChI=1S/C20H18NO.BrH/c22-20(18-11-5-2-6-12-18)16-21-14-8-7-13-19(21)15-17-9-3-1-4-10-17;/h1-14H,15-16H2;1H/q+1;/p-1. The van der Waals surface area contributed by atoms with Crippen LogP contribution in [-0.2, 0) is 13.0 Å². The molecule has 23 heavy (non-hydrogen) atoms. The average molecular weight is 368 g/mol. The number of benzene rings is 2. The molecule has 0 N–H and O–H groups in total. The fourth-order valence-electron chi connectivity index (χ4n) is 2.50. The van der Waals surface area contributed by atoms with Crippen LogP contribution in [0.5, 0.6) is 0 Å². The van der Waals surface area contributed by atoms with Crippen molar-refractivity contribution in [3.05, 3.63) is 102 Å². The van der Waals surface area contributed by atoms with Crippen molar-refractivity contribution in [2.24, 2.45) is 0 Å². The zero-order valence-electron chi connectivity index (χ0n) is 12.7. The van der Waals surface area contributed by atoms with Crippen molar-refractivity contribution in [1.82, 2.24) is 0 Å². The van der Waals surface area contributed by atoms with Gasteiger partial charge in [0.05, 0.1) is 6.42 Å². The van der Waals surface area contributed by atoms with Gasteiger partial charge in [-0.2, -0.15) is 4.57 Å². The van der Waals surface area contributed by atoms with E-state index in [1.54, 1.807) is 0 Å². The average Bonchev–Trinajstić information content (AvgIpc) is 2.58. The molecule has 3 heteroatoms. The molecular weight excluding hydrogens is 350 g/mol. The fraction of sp³-hybridized carbons (Fsp3) is 0.100. The van der Waals surface area contributed by atoms with Gasteiger partial charge in [0, 0.05) is 17.7 Å². The molecule has 0 bridgehead atoms. The van der Waals surface area contributed by atoms with E-state index in [9.17, 15) is 4.79 Å². The van der Waals surface area contributed by atoms with Crippen LogP contribution < -0.4 is 21.5 Å². The van der Waals surface area contributed by atoms with E-state index in [1.165, 1.54) is 5.56 Å². The van der Waals surface area contributed by atoms with Gasteiger partial charge in [-0.15, -0.1) is 0 Å². The van der Waals surface area contributed by atoms with Crippen molar-refractivity contribution in [3.63, 3.8) is 0 Å². The third-order valence-corrected chi connectivity index (χ3v) is 3.67. The van der Waals surface area contributed by atoms with Gasteiger partial charge in [0.15, 0.2) is 11.9 Å². The zero-order valence-corrected chi connectivity index (χ0v) is 14.3. The third kappa shape index (κ3) is 4.60. The molecule has 0 amide bonds. The number of hydrogen-bond acceptors (Lipinski definition) is 1. The Morgan fingerprint density at radius 1 is 0.783 bits per heavy atom. The molecule has 0 radical (unpaired) electrons. The summed E-state index contributed by atoms with van der Waals surface area (Å²) in [7, 11) is 0. The molecule has 1 heterocycles. The first kappa shape index (κ1) is 17.1. The number of ketones is 1. The molecule has 0 aliphatic carbocycles. The second-order valence-electron chi connectivity index (χ2n) is 5.27. The highest BCUT2D eigenvalue weighted by atomic mass is 79.9. The summed E-state index contributed by atoms with van der Waals surface area (Å²) in [6.45, 7) is 0.368. The van der Waals surface area contributed by atoms with Crippen LogP contribution in [0.2, 0.25) is 0 Å². The Labute approximate surface area is 147 Å². The SMILES string of the molecule is O=C(C[n+]1ccccc1Cc1ccccc1)c1ccccc1.[Br-]. The molecule has 1 aromatic heterocycles. The number of carbonyl (C=O) groups is 1. The molecule has 3 rings (SSSR count). The normalized spacial score (nSPS) is 9.91. The molecule has 0 aliphatic rings. The van der Waals surface area contributed by atoms with Crippen LogP contribution in [0, 0.1) is 0 Å². The molecule has 116 valence electrons. The van der Waals surface area contributed by atoms with E-state index in [0.717, 1.165) is 17.7 Å². The number of nitrogens with zero attached hydrogens (tertiary/aromatic N) is 1. The molecule has 0 atom stereocenters. The second-order valence-corrected chi connectivity index (χ2v) is 5.27. The van der Waals surface area contributed by atoms with E-state index in [0.29, 0.717) is 6.54 Å². The maximum Gasteiger partial charge on any atom is 0.227 e. The minimum absolute atomic E-state index is 0. The van der Waals surface area contributed by atoms with E-state index in [-0.39, 0.29) is 22.8 Å². The molecule has 0 saturated carbocycles. The van der Waals surface area contributed by atoms with E-state index in [2.05, 4.69) is 18.2 Å². The number of carbonyl (C=O) groups excluding carboxylic acids is 1. The zero-order chi connectivity index (χ0) is 15.2. The van der Waals surface area contributed by atoms with Crippen LogP contribution in [0.4, 0.5) is 0 Å². The monoisotopic (exact) mass is 367 g/mol. The Balaban J connectivity index is 0.00000192. The van der Waals surface area contributed by atoms with Gasteiger partial charge in [0.25, 0.3) is 0 Å². The molecule has 0 aliphatic heterocycles. The molecule has 0 saturated heterocycles. The first-order valence-electron chi connectivity index (χ1n) is 7.42. The van der Waals surface area contributed by atoms with Crippen molar-refractivity contribution >= 4 is 5.78 Å². The van der Waals surface area contributed by atoms with Crippen molar-refractivity contribution in [1.29, 1.82) is 0 Å². The van der Waals surface area contributed by atoms with Gasteiger partial charge in [-0.25, -0.2) is 0 Å². The summed E-state index contributed by atoms with van der Waals surface area (Å²) in [4.78, 5) is 12.4. The molecule has 0 fully saturated rings. The predicted molar refractivity (Wildman–Crippen MR) is 86.7 cm³/mol. The van der Waals surface area contributed by atoms with Gasteiger partial charge in [-0.05, 0) is 5.56 Å². The number of aromatic nitrogens is 1. The quantitative estimate of drug-likeness (QED) is 0.473. The topological polar surface area (TPSA) is 20.9 Å². The Kier molecular flexibility index (Phi) is 6.24. The number of Topliss-reactive ketones (excluding diaryl/α,β-unsaturated/α-hetero) is 1. The van der Waals surface area contributed by atoms with E-state index in [1.807, 2.05) is 71.4 Å². The number of pyridine rings is 1. The van der Waals surface area contributed by atoms with Gasteiger partial charge >= 0.3 is 0 Å². The predicted octanol–water partition coefficient (Wildman–Crippen LogP) is 0.452. The van der Waals surface area contributed by atoms with Crippen LogP contribution >= 0.6 is 0 Å². The lowest BCUT2D eigenvalue weighted by atomic mass is 10.1. The van der Waals surface area contributed by atoms with Crippen molar-refractivity contribution in [2.75, 3.05) is 0 Å². The van der Waals surface area contributed by atoms with Crippen LogP contribution in [0.1, 0.15) is 21.6 Å². The summed E-state index contributed by atoms with van der Waals surface area (Å²) in [5.74, 6) is 0.131. The third-order valence-electron chi connectivity index (χ3n) is 3.67. The van der Waals surface area contributed by atoms with E-state index in [4.69, 9.17) is 0 Å². The summed E-state index contributed by atoms with van der Waals surface area (Å²) in [6.07, 6.45) is 2.79. The summed E-state index contributed by atoms with van der Waals surface area (Å²) in [6, 6.07) is 25.8. The first-order valence-corrected chi connectivity index (χ1v) is 7.42. The van der Waals surface area contributed by atoms with Crippen molar-refractivity contribution in [2.45, 2.75) is 13.0 Å². The number of rotatable bonds is 5. The van der Waals surface area contributed by atoms with Crippen molar-refractivity contribution in [3.8, 4) is 0 Å². The fourth-order valence-corrected chi connectivity index (χ4v) is 2.50. The van der Waals surface area contributed by atoms with Gasteiger partial charge in [-0.1, -0.05) is 66.7 Å². The Bertz CT molecular complexity index is 757. The van der Waals surface area contributed by atoms with Crippen LogP contribution in [0.25, 0.3) is 0 Å². The largest absolute Gasteiger partial charge is 1.00 e. The highest BCUT2D eigenvalue weighted by Crippen LogP contribution is 2.06. The lowest BCUT2D eigenvalue weighted by Crippen LogP contribution is -3.00. The van der Waals surface area contributed by atoms with E-state index >= 15 is 0 Å². The molecule has 2 aromatic carbocycles. The maximum absolute atomic E-state index is 12.4. The van der Waals surface area contributed by atoms with E-state index < -0.39 is 0 Å². The van der Waals surface area contributed by atoms with Crippen LogP contribution in [0.15, 0.2) is 85.1 Å². The minimum Gasteiger partial charge on any atom is -1.00 e. The maximum atomic E-state index is 12.4. The minimum atomic E-state index is 0. The van der Waals surface area contributed by atoms with Crippen LogP contribution in [0.3, 0.4) is 0 Å². The molecule has 0 spiro atoms. The molecule has 2 nitrogen and oxygen atoms in total. The Morgan fingerprint density at radius 3 is 2.09 bits per heavy atom. The summed E-state index contributed by atoms with van der Waals surface area (Å²) in [5.41, 5.74) is 3.14. The Hall–Kier alpha value is -2.26. The summed E-state index contributed by atoms with van der Waals surface area (Å²) < 4.78 is 2.03. The summed E-state index contributed by atoms with van der Waals surface area (Å²) >= 11 is 0. The lowest BCUT2D eigenvalue weighted by molar-refractivity contribution is -0.690. The van der Waals surface area contributed by atoms with Gasteiger partial charge in [-0.3, -0.25) is 4.79 Å². The van der Waals surface area contributed by atoms with Gasteiger partial charge in [0.1, 0.15) is 0 Å². The summed E-state index contributed by atoms with van der Waals surface area (Å²) in [5, 5.41) is 0. The molecule has 0 unspecified atom stereocenters. The van der Waals surface area contributed by atoms with Crippen LogP contribution in [-0.4, -0.2) is 5.78 Å². The first-order chi connectivity index (χ1) is 10.8. The smallest absolute Gasteiger partial charge is 0.227 e. The Morgan fingerprint density at radius 2 is 1.39 bits per heavy atom. The second kappa shape index (κ2) is 8.39. The van der Waals surface area contributed by atoms with Crippen molar-refractivity contribution < 1.29 is 26.3 Å². The highest BCUT2D eigenvalue weighted by molar-refractivity contribution is 5.94. The van der Waals surface area contributed by atoms with Gasteiger partial charge in [0.2, 0.25) is 12.3 Å². The van der Waals surface area contributed by atoms with Gasteiger partial charge < -0.3 is 17.0 Å². The number of halogens is 1. The number of hydrogen-bond donors (Lipinski definition) is 0. The lowest BCUT2D eigenvalue weighted by Gasteiger charge is -2.04. The molecule has 3 aromatic rings.